The van der Waals surface area contributed by atoms with Gasteiger partial charge in [0.1, 0.15) is 5.65 Å². The predicted molar refractivity (Wildman–Crippen MR) is 70.4 cm³/mol. The minimum Gasteiger partial charge on any atom is -0.481 e. The first-order chi connectivity index (χ1) is 8.50. The third kappa shape index (κ3) is 2.39. The number of nitrogens with one attached hydrogen (secondary N) is 1. The lowest BCUT2D eigenvalue weighted by Crippen LogP contribution is -2.17. The summed E-state index contributed by atoms with van der Waals surface area (Å²) in [6.07, 6.45) is 2.73. The summed E-state index contributed by atoms with van der Waals surface area (Å²) in [5.74, 6) is -1.38. The first-order valence-electron chi connectivity index (χ1n) is 5.02. The zero-order chi connectivity index (χ0) is 13.3. The molecule has 0 fully saturated rings. The van der Waals surface area contributed by atoms with Gasteiger partial charge in [-0.2, -0.15) is 0 Å². The second kappa shape index (κ2) is 5.07. The molecule has 0 aliphatic heterocycles. The number of carboxylic acid groups (broad SMARTS) is 1. The second-order valence-corrected chi connectivity index (χ2v) is 5.16. The van der Waals surface area contributed by atoms with Gasteiger partial charge in [-0.25, -0.2) is 4.98 Å². The molecule has 0 saturated heterocycles. The molecule has 0 aromatic carbocycles. The first-order valence-corrected chi connectivity index (χ1v) is 6.31. The van der Waals surface area contributed by atoms with Crippen molar-refractivity contribution < 1.29 is 14.7 Å². The molecule has 0 aliphatic carbocycles. The number of aromatic amines is 1. The Balaban J connectivity index is 2.42. The molecule has 18 heavy (non-hydrogen) atoms. The number of nitrogens with zero attached hydrogens (tertiary/aromatic N) is 1. The van der Waals surface area contributed by atoms with E-state index in [0.29, 0.717) is 21.6 Å². The maximum absolute atomic E-state index is 12.1. The van der Waals surface area contributed by atoms with Crippen molar-refractivity contribution in [1.82, 2.24) is 9.97 Å². The van der Waals surface area contributed by atoms with Gasteiger partial charge in [-0.15, -0.1) is 0 Å². The van der Waals surface area contributed by atoms with Crippen LogP contribution in [-0.4, -0.2) is 31.7 Å². The molecule has 0 saturated carbocycles. The number of carbonyl (C=O) groups is 2. The van der Waals surface area contributed by atoms with Crippen LogP contribution in [-0.2, 0) is 4.79 Å². The van der Waals surface area contributed by atoms with Gasteiger partial charge in [0.25, 0.3) is 0 Å². The van der Waals surface area contributed by atoms with Gasteiger partial charge in [0.2, 0.25) is 0 Å². The Labute approximate surface area is 115 Å². The Morgan fingerprint density at radius 1 is 1.56 bits per heavy atom. The highest BCUT2D eigenvalue weighted by atomic mass is 79.9. The minimum absolute atomic E-state index is 0.288. The summed E-state index contributed by atoms with van der Waals surface area (Å²) in [6.45, 7) is 0. The van der Waals surface area contributed by atoms with Crippen LogP contribution >= 0.6 is 27.5 Å². The van der Waals surface area contributed by atoms with E-state index in [4.69, 9.17) is 16.7 Å². The van der Waals surface area contributed by atoms with Gasteiger partial charge in [-0.3, -0.25) is 9.59 Å². The SMILES string of the molecule is O=C(O)CC(Br)C(=O)c1c[nH]c2nccc(Cl)c12. The average Bonchev–Trinajstić information content (AvgIpc) is 2.72. The van der Waals surface area contributed by atoms with Crippen molar-refractivity contribution >= 4 is 50.3 Å². The zero-order valence-electron chi connectivity index (χ0n) is 8.98. The number of hydrogen-bond donors (Lipinski definition) is 2. The van der Waals surface area contributed by atoms with Crippen LogP contribution < -0.4 is 0 Å². The van der Waals surface area contributed by atoms with Gasteiger partial charge in [-0.1, -0.05) is 27.5 Å². The van der Waals surface area contributed by atoms with Crippen LogP contribution in [0.15, 0.2) is 18.5 Å². The fraction of sp³-hybridized carbons (Fsp3) is 0.182. The quantitative estimate of drug-likeness (QED) is 0.666. The van der Waals surface area contributed by atoms with E-state index in [-0.39, 0.29) is 12.2 Å². The Bertz CT molecular complexity index is 626. The molecule has 1 atom stereocenters. The van der Waals surface area contributed by atoms with Gasteiger partial charge in [0.15, 0.2) is 5.78 Å². The third-order valence-corrected chi connectivity index (χ3v) is 3.48. The van der Waals surface area contributed by atoms with E-state index in [0.717, 1.165) is 0 Å². The van der Waals surface area contributed by atoms with Crippen LogP contribution in [0.3, 0.4) is 0 Å². The van der Waals surface area contributed by atoms with Crippen molar-refractivity contribution in [3.63, 3.8) is 0 Å². The lowest BCUT2D eigenvalue weighted by molar-refractivity contribution is -0.136. The number of aromatic nitrogens is 2. The van der Waals surface area contributed by atoms with Crippen LogP contribution in [0, 0.1) is 0 Å². The number of alkyl halides is 1. The molecule has 0 amide bonds. The van der Waals surface area contributed by atoms with E-state index in [2.05, 4.69) is 25.9 Å². The summed E-state index contributed by atoms with van der Waals surface area (Å²) in [6, 6.07) is 1.58. The third-order valence-electron chi connectivity index (χ3n) is 2.43. The number of pyridine rings is 1. The molecule has 0 aliphatic rings. The Morgan fingerprint density at radius 2 is 2.28 bits per heavy atom. The number of fused-ring (bicyclic) bond motifs is 1. The van der Waals surface area contributed by atoms with Gasteiger partial charge in [0, 0.05) is 23.3 Å². The molecule has 2 aromatic heterocycles. The van der Waals surface area contributed by atoms with Crippen molar-refractivity contribution in [2.45, 2.75) is 11.2 Å². The number of Topliss-reactive ketones (excluding diaryl/α,β-unsaturated/α-hetero) is 1. The molecule has 2 rings (SSSR count). The topological polar surface area (TPSA) is 83.0 Å². The minimum atomic E-state index is -1.05. The number of carbonyl (C=O) groups excluding carboxylic acids is 1. The number of carboxylic acids is 1. The monoisotopic (exact) mass is 330 g/mol. The Kier molecular flexibility index (Phi) is 3.68. The summed E-state index contributed by atoms with van der Waals surface area (Å²) in [5, 5.41) is 9.59. The van der Waals surface area contributed by atoms with Gasteiger partial charge in [0.05, 0.1) is 16.3 Å². The van der Waals surface area contributed by atoms with E-state index in [1.165, 1.54) is 12.4 Å². The predicted octanol–water partition coefficient (Wildman–Crippen LogP) is 2.64. The average molecular weight is 332 g/mol. The number of hydrogen-bond acceptors (Lipinski definition) is 3. The largest absolute Gasteiger partial charge is 0.481 e. The molecule has 1 unspecified atom stereocenters. The van der Waals surface area contributed by atoms with E-state index in [1.54, 1.807) is 6.07 Å². The van der Waals surface area contributed by atoms with Crippen LogP contribution in [0.1, 0.15) is 16.8 Å². The molecule has 0 bridgehead atoms. The van der Waals surface area contributed by atoms with E-state index >= 15 is 0 Å². The van der Waals surface area contributed by atoms with E-state index in [1.807, 2.05) is 0 Å². The molecule has 2 aromatic rings. The maximum Gasteiger partial charge on any atom is 0.304 e. The summed E-state index contributed by atoms with van der Waals surface area (Å²) >= 11 is 9.08. The number of aliphatic carboxylic acids is 1. The lowest BCUT2D eigenvalue weighted by atomic mass is 10.1. The maximum atomic E-state index is 12.1. The summed E-state index contributed by atoms with van der Waals surface area (Å²) in [7, 11) is 0. The summed E-state index contributed by atoms with van der Waals surface area (Å²) < 4.78 is 0. The molecular formula is C11H8BrClN2O3. The number of rotatable bonds is 4. The molecule has 2 N–H and O–H groups in total. The summed E-state index contributed by atoms with van der Waals surface area (Å²) in [4.78, 5) is 28.8. The smallest absolute Gasteiger partial charge is 0.304 e. The molecular weight excluding hydrogens is 323 g/mol. The molecule has 0 radical (unpaired) electrons. The number of ketones is 1. The van der Waals surface area contributed by atoms with Crippen molar-refractivity contribution in [2.75, 3.05) is 0 Å². The van der Waals surface area contributed by atoms with Crippen molar-refractivity contribution in [3.05, 3.63) is 29.0 Å². The highest BCUT2D eigenvalue weighted by Crippen LogP contribution is 2.27. The number of halogens is 2. The summed E-state index contributed by atoms with van der Waals surface area (Å²) in [5.41, 5.74) is 0.840. The van der Waals surface area contributed by atoms with Crippen molar-refractivity contribution in [1.29, 1.82) is 0 Å². The first kappa shape index (κ1) is 13.0. The molecule has 7 heteroatoms. The van der Waals surface area contributed by atoms with Crippen molar-refractivity contribution in [2.24, 2.45) is 0 Å². The molecule has 5 nitrogen and oxygen atoms in total. The van der Waals surface area contributed by atoms with Crippen LogP contribution in [0.4, 0.5) is 0 Å². The fourth-order valence-electron chi connectivity index (χ4n) is 1.63. The lowest BCUT2D eigenvalue weighted by Gasteiger charge is -2.05. The van der Waals surface area contributed by atoms with E-state index < -0.39 is 10.8 Å². The second-order valence-electron chi connectivity index (χ2n) is 3.65. The molecule has 94 valence electrons. The number of H-pyrrole nitrogens is 1. The van der Waals surface area contributed by atoms with Gasteiger partial charge in [-0.05, 0) is 6.07 Å². The van der Waals surface area contributed by atoms with Crippen LogP contribution in [0.25, 0.3) is 11.0 Å². The fourth-order valence-corrected chi connectivity index (χ4v) is 2.40. The van der Waals surface area contributed by atoms with E-state index in [9.17, 15) is 9.59 Å². The highest BCUT2D eigenvalue weighted by Gasteiger charge is 2.23. The highest BCUT2D eigenvalue weighted by molar-refractivity contribution is 9.10. The Morgan fingerprint density at radius 3 is 2.94 bits per heavy atom. The zero-order valence-corrected chi connectivity index (χ0v) is 11.3. The van der Waals surface area contributed by atoms with Crippen LogP contribution in [0.2, 0.25) is 5.02 Å². The molecule has 0 spiro atoms. The Hall–Kier alpha value is -1.40. The van der Waals surface area contributed by atoms with Gasteiger partial charge < -0.3 is 10.1 Å². The van der Waals surface area contributed by atoms with Gasteiger partial charge >= 0.3 is 5.97 Å². The van der Waals surface area contributed by atoms with Crippen LogP contribution in [0.5, 0.6) is 0 Å². The van der Waals surface area contributed by atoms with Crippen molar-refractivity contribution in [3.8, 4) is 0 Å². The molecule has 2 heterocycles. The standard InChI is InChI=1S/C11H8BrClN2O3/c12-6(3-8(16)17)10(18)5-4-15-11-9(5)7(13)1-2-14-11/h1-2,4,6H,3H2,(H,14,15)(H,16,17). The normalized spacial score (nSPS) is 12.6.